The molecule has 0 bridgehead atoms. The minimum atomic E-state index is -0.394. The number of likely N-dealkylation sites (tertiary alicyclic amines) is 1. The highest BCUT2D eigenvalue weighted by Gasteiger charge is 2.42. The molecule has 0 N–H and O–H groups in total. The van der Waals surface area contributed by atoms with Crippen LogP contribution in [0.3, 0.4) is 0 Å². The molecule has 4 nitrogen and oxygen atoms in total. The van der Waals surface area contributed by atoms with Crippen LogP contribution in [0.15, 0.2) is 24.3 Å². The standard InChI is InChI=1S/C17H25NO3/c1-4-21-16(19)17(8-10-18(2)11-9-17)13-14-6-5-7-15(12-14)20-3/h5-7,12H,4,8-11,13H2,1-3H3. The number of esters is 1. The maximum atomic E-state index is 12.5. The van der Waals surface area contributed by atoms with Crippen LogP contribution in [0.4, 0.5) is 0 Å². The lowest BCUT2D eigenvalue weighted by Crippen LogP contribution is -2.45. The Hall–Kier alpha value is -1.55. The number of methoxy groups -OCH3 is 1. The first-order valence-corrected chi connectivity index (χ1v) is 7.58. The van der Waals surface area contributed by atoms with Crippen molar-refractivity contribution >= 4 is 5.97 Å². The first kappa shape index (κ1) is 15.8. The Morgan fingerprint density at radius 1 is 1.33 bits per heavy atom. The molecule has 4 heteroatoms. The second-order valence-corrected chi connectivity index (χ2v) is 5.83. The van der Waals surface area contributed by atoms with Gasteiger partial charge in [-0.3, -0.25) is 4.79 Å². The van der Waals surface area contributed by atoms with E-state index in [2.05, 4.69) is 18.0 Å². The Bertz CT molecular complexity index is 479. The summed E-state index contributed by atoms with van der Waals surface area (Å²) in [6.45, 7) is 4.17. The van der Waals surface area contributed by atoms with Crippen LogP contribution in [0, 0.1) is 5.41 Å². The van der Waals surface area contributed by atoms with Gasteiger partial charge in [-0.15, -0.1) is 0 Å². The SMILES string of the molecule is CCOC(=O)C1(Cc2cccc(OC)c2)CCN(C)CC1. The van der Waals surface area contributed by atoms with Gasteiger partial charge < -0.3 is 14.4 Å². The fraction of sp³-hybridized carbons (Fsp3) is 0.588. The summed E-state index contributed by atoms with van der Waals surface area (Å²) < 4.78 is 10.6. The largest absolute Gasteiger partial charge is 0.497 e. The maximum Gasteiger partial charge on any atom is 0.312 e. The molecule has 0 saturated carbocycles. The van der Waals surface area contributed by atoms with Gasteiger partial charge in [0.15, 0.2) is 0 Å². The van der Waals surface area contributed by atoms with E-state index in [1.165, 1.54) is 0 Å². The summed E-state index contributed by atoms with van der Waals surface area (Å²) in [5, 5.41) is 0. The molecule has 0 aromatic heterocycles. The van der Waals surface area contributed by atoms with Crippen LogP contribution in [0.25, 0.3) is 0 Å². The highest BCUT2D eigenvalue weighted by Crippen LogP contribution is 2.36. The molecule has 21 heavy (non-hydrogen) atoms. The predicted octanol–water partition coefficient (Wildman–Crippen LogP) is 2.51. The van der Waals surface area contributed by atoms with E-state index in [1.807, 2.05) is 25.1 Å². The summed E-state index contributed by atoms with van der Waals surface area (Å²) >= 11 is 0. The number of ether oxygens (including phenoxy) is 2. The normalized spacial score (nSPS) is 18.2. The van der Waals surface area contributed by atoms with E-state index in [-0.39, 0.29) is 5.97 Å². The van der Waals surface area contributed by atoms with Crippen LogP contribution >= 0.6 is 0 Å². The smallest absolute Gasteiger partial charge is 0.312 e. The molecule has 1 aromatic carbocycles. The molecule has 1 aromatic rings. The Balaban J connectivity index is 2.21. The van der Waals surface area contributed by atoms with E-state index in [0.29, 0.717) is 6.61 Å². The van der Waals surface area contributed by atoms with Crippen LogP contribution < -0.4 is 4.74 Å². The first-order valence-electron chi connectivity index (χ1n) is 7.58. The minimum absolute atomic E-state index is 0.0547. The molecule has 116 valence electrons. The van der Waals surface area contributed by atoms with Gasteiger partial charge in [-0.1, -0.05) is 12.1 Å². The van der Waals surface area contributed by atoms with Crippen molar-refractivity contribution in [3.63, 3.8) is 0 Å². The van der Waals surface area contributed by atoms with Crippen molar-refractivity contribution in [1.82, 2.24) is 4.90 Å². The van der Waals surface area contributed by atoms with Crippen LogP contribution in [0.1, 0.15) is 25.3 Å². The molecule has 1 aliphatic rings. The van der Waals surface area contributed by atoms with Gasteiger partial charge in [0.1, 0.15) is 5.75 Å². The van der Waals surface area contributed by atoms with E-state index >= 15 is 0 Å². The quantitative estimate of drug-likeness (QED) is 0.781. The van der Waals surface area contributed by atoms with Crippen LogP contribution in [-0.4, -0.2) is 44.7 Å². The lowest BCUT2D eigenvalue weighted by Gasteiger charge is -2.38. The maximum absolute atomic E-state index is 12.5. The monoisotopic (exact) mass is 291 g/mol. The number of hydrogen-bond acceptors (Lipinski definition) is 4. The molecule has 2 rings (SSSR count). The summed E-state index contributed by atoms with van der Waals surface area (Å²) in [5.41, 5.74) is 0.737. The number of hydrogen-bond donors (Lipinski definition) is 0. The Labute approximate surface area is 127 Å². The highest BCUT2D eigenvalue weighted by atomic mass is 16.5. The molecular weight excluding hydrogens is 266 g/mol. The Morgan fingerprint density at radius 2 is 2.05 bits per heavy atom. The van der Waals surface area contributed by atoms with E-state index in [0.717, 1.165) is 43.7 Å². The topological polar surface area (TPSA) is 38.8 Å². The minimum Gasteiger partial charge on any atom is -0.497 e. The number of carbonyl (C=O) groups excluding carboxylic acids is 1. The van der Waals surface area contributed by atoms with Gasteiger partial charge in [0, 0.05) is 0 Å². The molecule has 0 atom stereocenters. The summed E-state index contributed by atoms with van der Waals surface area (Å²) in [6.07, 6.45) is 2.41. The lowest BCUT2D eigenvalue weighted by molar-refractivity contribution is -0.158. The van der Waals surface area contributed by atoms with Crippen molar-refractivity contribution in [2.24, 2.45) is 5.41 Å². The van der Waals surface area contributed by atoms with Crippen molar-refractivity contribution in [3.05, 3.63) is 29.8 Å². The molecule has 0 amide bonds. The highest BCUT2D eigenvalue weighted by molar-refractivity contribution is 5.77. The van der Waals surface area contributed by atoms with Crippen molar-refractivity contribution in [2.75, 3.05) is 33.9 Å². The molecule has 0 radical (unpaired) electrons. The van der Waals surface area contributed by atoms with E-state index < -0.39 is 5.41 Å². The van der Waals surface area contributed by atoms with E-state index in [1.54, 1.807) is 7.11 Å². The number of rotatable bonds is 5. The van der Waals surface area contributed by atoms with Crippen LogP contribution in [0.5, 0.6) is 5.75 Å². The second kappa shape index (κ2) is 6.94. The zero-order valence-corrected chi connectivity index (χ0v) is 13.2. The summed E-state index contributed by atoms with van der Waals surface area (Å²) in [6, 6.07) is 7.97. The third-order valence-electron chi connectivity index (χ3n) is 4.33. The molecule has 0 spiro atoms. The number of carbonyl (C=O) groups is 1. The molecular formula is C17H25NO3. The number of benzene rings is 1. The number of nitrogens with zero attached hydrogens (tertiary/aromatic N) is 1. The van der Waals surface area contributed by atoms with Gasteiger partial charge in [-0.25, -0.2) is 0 Å². The van der Waals surface area contributed by atoms with Gasteiger partial charge >= 0.3 is 5.97 Å². The molecule has 1 heterocycles. The van der Waals surface area contributed by atoms with Gasteiger partial charge in [0.25, 0.3) is 0 Å². The van der Waals surface area contributed by atoms with Gasteiger partial charge in [-0.2, -0.15) is 0 Å². The molecule has 0 unspecified atom stereocenters. The summed E-state index contributed by atoms with van der Waals surface area (Å²) in [4.78, 5) is 14.8. The molecule has 1 fully saturated rings. The second-order valence-electron chi connectivity index (χ2n) is 5.83. The predicted molar refractivity (Wildman–Crippen MR) is 82.5 cm³/mol. The average Bonchev–Trinajstić information content (AvgIpc) is 2.50. The van der Waals surface area contributed by atoms with Crippen LogP contribution in [-0.2, 0) is 16.0 Å². The molecule has 0 aliphatic carbocycles. The van der Waals surface area contributed by atoms with Crippen molar-refractivity contribution < 1.29 is 14.3 Å². The van der Waals surface area contributed by atoms with E-state index in [9.17, 15) is 4.79 Å². The van der Waals surface area contributed by atoms with Crippen LogP contribution in [0.2, 0.25) is 0 Å². The van der Waals surface area contributed by atoms with Gasteiger partial charge in [0.05, 0.1) is 19.1 Å². The molecule has 1 saturated heterocycles. The fourth-order valence-corrected chi connectivity index (χ4v) is 2.96. The van der Waals surface area contributed by atoms with Crippen molar-refractivity contribution in [3.8, 4) is 5.75 Å². The third kappa shape index (κ3) is 3.76. The average molecular weight is 291 g/mol. The Kier molecular flexibility index (Phi) is 5.23. The lowest BCUT2D eigenvalue weighted by atomic mass is 9.74. The van der Waals surface area contributed by atoms with E-state index in [4.69, 9.17) is 9.47 Å². The summed E-state index contributed by atoms with van der Waals surface area (Å²) in [5.74, 6) is 0.778. The van der Waals surface area contributed by atoms with Crippen molar-refractivity contribution in [2.45, 2.75) is 26.2 Å². The van der Waals surface area contributed by atoms with Gasteiger partial charge in [0.2, 0.25) is 0 Å². The third-order valence-corrected chi connectivity index (χ3v) is 4.33. The zero-order chi connectivity index (χ0) is 15.3. The number of piperidine rings is 1. The van der Waals surface area contributed by atoms with Crippen molar-refractivity contribution in [1.29, 1.82) is 0 Å². The zero-order valence-electron chi connectivity index (χ0n) is 13.2. The molecule has 1 aliphatic heterocycles. The fourth-order valence-electron chi connectivity index (χ4n) is 2.96. The Morgan fingerprint density at radius 3 is 2.67 bits per heavy atom. The summed E-state index contributed by atoms with van der Waals surface area (Å²) in [7, 11) is 3.76. The first-order chi connectivity index (χ1) is 10.1. The van der Waals surface area contributed by atoms with Gasteiger partial charge in [-0.05, 0) is 64.0 Å².